The molecule has 4 nitrogen and oxygen atoms in total. The summed E-state index contributed by atoms with van der Waals surface area (Å²) < 4.78 is 5.51. The molecule has 1 aliphatic carbocycles. The quantitative estimate of drug-likeness (QED) is 0.651. The summed E-state index contributed by atoms with van der Waals surface area (Å²) in [6.07, 6.45) is 4.70. The number of fused-ring (bicyclic) bond motifs is 1. The zero-order valence-electron chi connectivity index (χ0n) is 12.0. The van der Waals surface area contributed by atoms with Gasteiger partial charge in [-0.2, -0.15) is 0 Å². The normalized spacial score (nSPS) is 31.7. The van der Waals surface area contributed by atoms with Gasteiger partial charge in [-0.05, 0) is 25.0 Å². The molecule has 1 saturated carbocycles. The van der Waals surface area contributed by atoms with E-state index in [-0.39, 0.29) is 24.4 Å². The van der Waals surface area contributed by atoms with Crippen LogP contribution in [0.5, 0.6) is 0 Å². The summed E-state index contributed by atoms with van der Waals surface area (Å²) in [5.41, 5.74) is 0.492. The SMILES string of the molecule is Cl.O=C(OC1(O)CCNC2CCCCC21)c1ccccc1. The first-order valence-corrected chi connectivity index (χ1v) is 7.43. The number of halogens is 1. The number of hydrogen-bond acceptors (Lipinski definition) is 4. The molecule has 3 unspecified atom stereocenters. The van der Waals surface area contributed by atoms with Gasteiger partial charge in [0.15, 0.2) is 0 Å². The second-order valence-electron chi connectivity index (χ2n) is 5.80. The Labute approximate surface area is 131 Å². The van der Waals surface area contributed by atoms with Crippen LogP contribution in [-0.2, 0) is 4.74 Å². The highest BCUT2D eigenvalue weighted by Gasteiger charge is 2.48. The van der Waals surface area contributed by atoms with Crippen LogP contribution in [0.1, 0.15) is 42.5 Å². The lowest BCUT2D eigenvalue weighted by Crippen LogP contribution is -2.59. The minimum atomic E-state index is -1.32. The summed E-state index contributed by atoms with van der Waals surface area (Å²) in [5, 5.41) is 14.3. The molecule has 1 heterocycles. The first-order chi connectivity index (χ1) is 9.69. The Kier molecular flexibility index (Phi) is 5.25. The van der Waals surface area contributed by atoms with E-state index in [0.717, 1.165) is 19.3 Å². The van der Waals surface area contributed by atoms with Crippen molar-refractivity contribution in [3.63, 3.8) is 0 Å². The Balaban J connectivity index is 0.00000161. The van der Waals surface area contributed by atoms with Crippen LogP contribution >= 0.6 is 12.4 Å². The lowest BCUT2D eigenvalue weighted by molar-refractivity contribution is -0.227. The van der Waals surface area contributed by atoms with Gasteiger partial charge in [-0.3, -0.25) is 0 Å². The zero-order valence-corrected chi connectivity index (χ0v) is 12.8. The number of esters is 1. The number of carbonyl (C=O) groups excluding carboxylic acids is 1. The van der Waals surface area contributed by atoms with Gasteiger partial charge in [0, 0.05) is 24.9 Å². The van der Waals surface area contributed by atoms with E-state index in [4.69, 9.17) is 4.74 Å². The van der Waals surface area contributed by atoms with E-state index in [9.17, 15) is 9.90 Å². The van der Waals surface area contributed by atoms with Crippen molar-refractivity contribution in [1.29, 1.82) is 0 Å². The molecule has 2 aliphatic rings. The van der Waals surface area contributed by atoms with Crippen molar-refractivity contribution in [2.75, 3.05) is 6.54 Å². The fraction of sp³-hybridized carbons (Fsp3) is 0.562. The predicted octanol–water partition coefficient (Wildman–Crippen LogP) is 2.51. The average molecular weight is 312 g/mol. The Morgan fingerprint density at radius 2 is 1.95 bits per heavy atom. The fourth-order valence-electron chi connectivity index (χ4n) is 3.46. The Bertz CT molecular complexity index is 480. The highest BCUT2D eigenvalue weighted by atomic mass is 35.5. The molecule has 0 bridgehead atoms. The Morgan fingerprint density at radius 1 is 1.24 bits per heavy atom. The average Bonchev–Trinajstić information content (AvgIpc) is 2.48. The summed E-state index contributed by atoms with van der Waals surface area (Å²) >= 11 is 0. The monoisotopic (exact) mass is 311 g/mol. The summed E-state index contributed by atoms with van der Waals surface area (Å²) in [5.74, 6) is -1.74. The summed E-state index contributed by atoms with van der Waals surface area (Å²) in [4.78, 5) is 12.2. The van der Waals surface area contributed by atoms with Gasteiger partial charge in [-0.15, -0.1) is 12.4 Å². The van der Waals surface area contributed by atoms with Crippen molar-refractivity contribution in [3.8, 4) is 0 Å². The number of hydrogen-bond donors (Lipinski definition) is 2. The van der Waals surface area contributed by atoms with E-state index in [1.807, 2.05) is 6.07 Å². The number of carbonyl (C=O) groups is 1. The Morgan fingerprint density at radius 3 is 2.71 bits per heavy atom. The van der Waals surface area contributed by atoms with Crippen molar-refractivity contribution < 1.29 is 14.6 Å². The molecular formula is C16H22ClNO3. The maximum Gasteiger partial charge on any atom is 0.340 e. The number of rotatable bonds is 2. The zero-order chi connectivity index (χ0) is 14.0. The predicted molar refractivity (Wildman–Crippen MR) is 82.4 cm³/mol. The number of benzene rings is 1. The topological polar surface area (TPSA) is 58.6 Å². The smallest absolute Gasteiger partial charge is 0.340 e. The van der Waals surface area contributed by atoms with Crippen molar-refractivity contribution in [1.82, 2.24) is 5.32 Å². The molecule has 5 heteroatoms. The number of ether oxygens (including phenoxy) is 1. The van der Waals surface area contributed by atoms with Crippen LogP contribution in [0.3, 0.4) is 0 Å². The van der Waals surface area contributed by atoms with Crippen molar-refractivity contribution in [2.45, 2.75) is 43.9 Å². The van der Waals surface area contributed by atoms with E-state index >= 15 is 0 Å². The molecule has 116 valence electrons. The first-order valence-electron chi connectivity index (χ1n) is 7.43. The summed E-state index contributed by atoms with van der Waals surface area (Å²) in [6, 6.07) is 9.15. The third-order valence-electron chi connectivity index (χ3n) is 4.51. The van der Waals surface area contributed by atoms with Crippen LogP contribution in [0.4, 0.5) is 0 Å². The van der Waals surface area contributed by atoms with E-state index in [2.05, 4.69) is 5.32 Å². The van der Waals surface area contributed by atoms with Crippen molar-refractivity contribution in [3.05, 3.63) is 35.9 Å². The number of piperidine rings is 1. The lowest BCUT2D eigenvalue weighted by Gasteiger charge is -2.46. The standard InChI is InChI=1S/C16H21NO3.ClH/c18-15(12-6-2-1-3-7-12)20-16(19)10-11-17-14-9-5-4-8-13(14)16;/h1-3,6-7,13-14,17,19H,4-5,8-11H2;1H. The molecule has 0 aromatic heterocycles. The molecule has 1 aromatic rings. The van der Waals surface area contributed by atoms with E-state index in [1.54, 1.807) is 24.3 Å². The molecule has 3 rings (SSSR count). The molecule has 3 atom stereocenters. The maximum absolute atomic E-state index is 12.2. The van der Waals surface area contributed by atoms with Crippen LogP contribution in [-0.4, -0.2) is 29.4 Å². The highest BCUT2D eigenvalue weighted by molar-refractivity contribution is 5.89. The van der Waals surface area contributed by atoms with Gasteiger partial charge in [-0.25, -0.2) is 4.79 Å². The summed E-state index contributed by atoms with van der Waals surface area (Å²) in [7, 11) is 0. The van der Waals surface area contributed by atoms with E-state index in [1.165, 1.54) is 6.42 Å². The van der Waals surface area contributed by atoms with Crippen LogP contribution in [0.25, 0.3) is 0 Å². The molecule has 2 fully saturated rings. The molecule has 1 aliphatic heterocycles. The lowest BCUT2D eigenvalue weighted by atomic mass is 9.75. The van der Waals surface area contributed by atoms with Gasteiger partial charge in [0.1, 0.15) is 0 Å². The maximum atomic E-state index is 12.2. The fourth-order valence-corrected chi connectivity index (χ4v) is 3.46. The van der Waals surface area contributed by atoms with Gasteiger partial charge in [0.2, 0.25) is 5.79 Å². The molecule has 0 amide bonds. The molecule has 21 heavy (non-hydrogen) atoms. The van der Waals surface area contributed by atoms with Gasteiger partial charge < -0.3 is 15.2 Å². The van der Waals surface area contributed by atoms with E-state index in [0.29, 0.717) is 18.5 Å². The second-order valence-corrected chi connectivity index (χ2v) is 5.80. The molecule has 1 saturated heterocycles. The number of aliphatic hydroxyl groups is 1. The first kappa shape index (κ1) is 16.3. The van der Waals surface area contributed by atoms with Crippen LogP contribution in [0.2, 0.25) is 0 Å². The molecular weight excluding hydrogens is 290 g/mol. The van der Waals surface area contributed by atoms with Gasteiger partial charge in [0.05, 0.1) is 5.56 Å². The molecule has 2 N–H and O–H groups in total. The minimum Gasteiger partial charge on any atom is -0.429 e. The van der Waals surface area contributed by atoms with Crippen LogP contribution < -0.4 is 5.32 Å². The number of nitrogens with one attached hydrogen (secondary N) is 1. The van der Waals surface area contributed by atoms with Crippen molar-refractivity contribution >= 4 is 18.4 Å². The van der Waals surface area contributed by atoms with Gasteiger partial charge >= 0.3 is 5.97 Å². The largest absolute Gasteiger partial charge is 0.429 e. The second kappa shape index (κ2) is 6.77. The van der Waals surface area contributed by atoms with Crippen LogP contribution in [0, 0.1) is 5.92 Å². The van der Waals surface area contributed by atoms with Crippen molar-refractivity contribution in [2.24, 2.45) is 5.92 Å². The van der Waals surface area contributed by atoms with Crippen LogP contribution in [0.15, 0.2) is 30.3 Å². The highest BCUT2D eigenvalue weighted by Crippen LogP contribution is 2.38. The third kappa shape index (κ3) is 3.39. The summed E-state index contributed by atoms with van der Waals surface area (Å²) in [6.45, 7) is 0.694. The minimum absolute atomic E-state index is 0. The molecule has 0 radical (unpaired) electrons. The Hall–Kier alpha value is -1.10. The molecule has 0 spiro atoms. The van der Waals surface area contributed by atoms with Gasteiger partial charge in [0.25, 0.3) is 0 Å². The molecule has 1 aromatic carbocycles. The third-order valence-corrected chi connectivity index (χ3v) is 4.51. The van der Waals surface area contributed by atoms with Gasteiger partial charge in [-0.1, -0.05) is 31.0 Å². The van der Waals surface area contributed by atoms with E-state index < -0.39 is 11.8 Å².